The van der Waals surface area contributed by atoms with E-state index in [4.69, 9.17) is 23.2 Å². The van der Waals surface area contributed by atoms with Crippen LogP contribution in [0.1, 0.15) is 31.2 Å². The van der Waals surface area contributed by atoms with Gasteiger partial charge in [0.1, 0.15) is 0 Å². The van der Waals surface area contributed by atoms with E-state index in [0.717, 1.165) is 12.3 Å². The first-order chi connectivity index (χ1) is 8.19. The van der Waals surface area contributed by atoms with Crippen molar-refractivity contribution in [3.8, 4) is 0 Å². The largest absolute Gasteiger partial charge is 0.317 e. The van der Waals surface area contributed by atoms with E-state index in [1.54, 1.807) is 0 Å². The smallest absolute Gasteiger partial charge is 0.0595 e. The van der Waals surface area contributed by atoms with Crippen molar-refractivity contribution >= 4 is 23.2 Å². The Morgan fingerprint density at radius 3 is 2.65 bits per heavy atom. The van der Waals surface area contributed by atoms with Crippen LogP contribution in [0, 0.1) is 5.92 Å². The molecule has 1 aromatic rings. The molecule has 0 amide bonds. The summed E-state index contributed by atoms with van der Waals surface area (Å²) in [6, 6.07) is 6.47. The van der Waals surface area contributed by atoms with Crippen molar-refractivity contribution in [3.05, 3.63) is 33.8 Å². The van der Waals surface area contributed by atoms with Gasteiger partial charge in [-0.1, -0.05) is 42.1 Å². The highest BCUT2D eigenvalue weighted by atomic mass is 35.5. The van der Waals surface area contributed by atoms with Gasteiger partial charge in [0, 0.05) is 6.04 Å². The Balaban J connectivity index is 1.89. The topological polar surface area (TPSA) is 12.0 Å². The zero-order valence-electron chi connectivity index (χ0n) is 10.2. The van der Waals surface area contributed by atoms with E-state index < -0.39 is 0 Å². The Morgan fingerprint density at radius 1 is 1.29 bits per heavy atom. The molecule has 1 aliphatic rings. The first-order valence-electron chi connectivity index (χ1n) is 6.30. The van der Waals surface area contributed by atoms with E-state index in [1.807, 2.05) is 19.2 Å². The molecule has 0 heterocycles. The van der Waals surface area contributed by atoms with Crippen molar-refractivity contribution in [2.45, 2.75) is 38.1 Å². The summed E-state index contributed by atoms with van der Waals surface area (Å²) in [5.41, 5.74) is 1.26. The van der Waals surface area contributed by atoms with Crippen LogP contribution in [-0.2, 0) is 6.42 Å². The molecule has 1 atom stereocenters. The SMILES string of the molecule is CNC(CCC1CC1)Cc1ccc(Cl)c(Cl)c1. The van der Waals surface area contributed by atoms with Gasteiger partial charge in [-0.15, -0.1) is 0 Å². The minimum Gasteiger partial charge on any atom is -0.317 e. The molecule has 1 aromatic carbocycles. The molecule has 1 nitrogen and oxygen atoms in total. The average Bonchev–Trinajstić information content (AvgIpc) is 3.13. The van der Waals surface area contributed by atoms with Gasteiger partial charge >= 0.3 is 0 Å². The summed E-state index contributed by atoms with van der Waals surface area (Å²) >= 11 is 11.9. The van der Waals surface area contributed by atoms with E-state index in [0.29, 0.717) is 16.1 Å². The van der Waals surface area contributed by atoms with Gasteiger partial charge in [-0.25, -0.2) is 0 Å². The van der Waals surface area contributed by atoms with Crippen LogP contribution in [0.25, 0.3) is 0 Å². The zero-order valence-corrected chi connectivity index (χ0v) is 11.7. The maximum absolute atomic E-state index is 6.03. The van der Waals surface area contributed by atoms with Crippen molar-refractivity contribution < 1.29 is 0 Å². The van der Waals surface area contributed by atoms with Crippen molar-refractivity contribution in [1.29, 1.82) is 0 Å². The molecule has 0 bridgehead atoms. The molecular weight excluding hydrogens is 253 g/mol. The summed E-state index contributed by atoms with van der Waals surface area (Å²) < 4.78 is 0. The number of nitrogens with one attached hydrogen (secondary N) is 1. The second-order valence-electron chi connectivity index (χ2n) is 4.96. The molecule has 0 aliphatic heterocycles. The van der Waals surface area contributed by atoms with Gasteiger partial charge in [0.15, 0.2) is 0 Å². The zero-order chi connectivity index (χ0) is 12.3. The second kappa shape index (κ2) is 6.08. The van der Waals surface area contributed by atoms with Crippen molar-refractivity contribution in [3.63, 3.8) is 0 Å². The van der Waals surface area contributed by atoms with Crippen LogP contribution in [0.15, 0.2) is 18.2 Å². The van der Waals surface area contributed by atoms with Crippen LogP contribution < -0.4 is 5.32 Å². The molecule has 1 aliphatic carbocycles. The number of benzene rings is 1. The fourth-order valence-corrected chi connectivity index (χ4v) is 2.46. The first-order valence-corrected chi connectivity index (χ1v) is 7.06. The van der Waals surface area contributed by atoms with Gasteiger partial charge in [0.2, 0.25) is 0 Å². The Hall–Kier alpha value is -0.240. The average molecular weight is 272 g/mol. The third-order valence-corrected chi connectivity index (χ3v) is 4.23. The Labute approximate surface area is 114 Å². The number of halogens is 2. The Kier molecular flexibility index (Phi) is 4.72. The summed E-state index contributed by atoms with van der Waals surface area (Å²) in [5, 5.41) is 4.68. The van der Waals surface area contributed by atoms with Crippen molar-refractivity contribution in [1.82, 2.24) is 5.32 Å². The maximum Gasteiger partial charge on any atom is 0.0595 e. The van der Waals surface area contributed by atoms with E-state index in [9.17, 15) is 0 Å². The van der Waals surface area contributed by atoms with E-state index in [1.165, 1.54) is 31.2 Å². The van der Waals surface area contributed by atoms with Crippen molar-refractivity contribution in [2.24, 2.45) is 5.92 Å². The van der Waals surface area contributed by atoms with Gasteiger partial charge in [0.05, 0.1) is 10.0 Å². The molecule has 1 saturated carbocycles. The lowest BCUT2D eigenvalue weighted by atomic mass is 10.0. The number of rotatable bonds is 6. The summed E-state index contributed by atoms with van der Waals surface area (Å²) in [5.74, 6) is 1.000. The van der Waals surface area contributed by atoms with Gasteiger partial charge in [-0.05, 0) is 49.9 Å². The highest BCUT2D eigenvalue weighted by Gasteiger charge is 2.22. The molecular formula is C14H19Cl2N. The third-order valence-electron chi connectivity index (χ3n) is 3.49. The fraction of sp³-hybridized carbons (Fsp3) is 0.571. The quantitative estimate of drug-likeness (QED) is 0.813. The molecule has 1 N–H and O–H groups in total. The Morgan fingerprint density at radius 2 is 2.06 bits per heavy atom. The predicted octanol–water partition coefficient (Wildman–Crippen LogP) is 4.31. The van der Waals surface area contributed by atoms with Gasteiger partial charge in [-0.2, -0.15) is 0 Å². The summed E-state index contributed by atoms with van der Waals surface area (Å²) in [6.45, 7) is 0. The van der Waals surface area contributed by atoms with Crippen LogP contribution in [0.4, 0.5) is 0 Å². The standard InChI is InChI=1S/C14H19Cl2N/c1-17-12(6-4-10-2-3-10)8-11-5-7-13(15)14(16)9-11/h5,7,9-10,12,17H,2-4,6,8H2,1H3. The van der Waals surface area contributed by atoms with E-state index in [2.05, 4.69) is 11.4 Å². The Bertz CT molecular complexity index is 374. The van der Waals surface area contributed by atoms with Crippen LogP contribution in [0.5, 0.6) is 0 Å². The van der Waals surface area contributed by atoms with Crippen molar-refractivity contribution in [2.75, 3.05) is 7.05 Å². The summed E-state index contributed by atoms with van der Waals surface area (Å²) in [7, 11) is 2.04. The van der Waals surface area contributed by atoms with Crippen LogP contribution in [-0.4, -0.2) is 13.1 Å². The number of hydrogen-bond acceptors (Lipinski definition) is 1. The molecule has 3 heteroatoms. The molecule has 0 saturated heterocycles. The number of hydrogen-bond donors (Lipinski definition) is 1. The molecule has 2 rings (SSSR count). The minimum absolute atomic E-state index is 0.549. The molecule has 0 spiro atoms. The monoisotopic (exact) mass is 271 g/mol. The lowest BCUT2D eigenvalue weighted by Crippen LogP contribution is -2.27. The maximum atomic E-state index is 6.03. The molecule has 0 radical (unpaired) electrons. The fourth-order valence-electron chi connectivity index (χ4n) is 2.14. The lowest BCUT2D eigenvalue weighted by molar-refractivity contribution is 0.485. The van der Waals surface area contributed by atoms with Gasteiger partial charge in [0.25, 0.3) is 0 Å². The summed E-state index contributed by atoms with van der Waals surface area (Å²) in [6.07, 6.45) is 6.50. The highest BCUT2D eigenvalue weighted by Crippen LogP contribution is 2.34. The predicted molar refractivity (Wildman–Crippen MR) is 75.0 cm³/mol. The highest BCUT2D eigenvalue weighted by molar-refractivity contribution is 6.42. The molecule has 94 valence electrons. The van der Waals surface area contributed by atoms with Crippen LogP contribution in [0.2, 0.25) is 10.0 Å². The van der Waals surface area contributed by atoms with E-state index >= 15 is 0 Å². The van der Waals surface area contributed by atoms with Crippen LogP contribution >= 0.6 is 23.2 Å². The lowest BCUT2D eigenvalue weighted by Gasteiger charge is -2.16. The van der Waals surface area contributed by atoms with Gasteiger partial charge < -0.3 is 5.32 Å². The summed E-state index contributed by atoms with van der Waals surface area (Å²) in [4.78, 5) is 0. The van der Waals surface area contributed by atoms with Crippen LogP contribution in [0.3, 0.4) is 0 Å². The third kappa shape index (κ3) is 4.17. The first kappa shape index (κ1) is 13.2. The van der Waals surface area contributed by atoms with Gasteiger partial charge in [-0.3, -0.25) is 0 Å². The second-order valence-corrected chi connectivity index (χ2v) is 5.77. The normalized spacial score (nSPS) is 17.1. The number of likely N-dealkylation sites (N-methyl/N-ethyl adjacent to an activating group) is 1. The minimum atomic E-state index is 0.549. The molecule has 1 fully saturated rings. The molecule has 0 aromatic heterocycles. The van der Waals surface area contributed by atoms with E-state index in [-0.39, 0.29) is 0 Å². The molecule has 17 heavy (non-hydrogen) atoms. The molecule has 1 unspecified atom stereocenters.